The number of nitro groups is 1. The van der Waals surface area contributed by atoms with Crippen LogP contribution in [0.1, 0.15) is 11.4 Å². The molecule has 0 aliphatic rings. The number of hydrogen-bond acceptors (Lipinski definition) is 7. The molecule has 0 radical (unpaired) electrons. The maximum absolute atomic E-state index is 12.2. The molecule has 0 atom stereocenters. The molecule has 3 rings (SSSR count). The summed E-state index contributed by atoms with van der Waals surface area (Å²) in [4.78, 5) is 30.6. The molecule has 2 aromatic carbocycles. The third-order valence-electron chi connectivity index (χ3n) is 3.81. The van der Waals surface area contributed by atoms with Crippen molar-refractivity contribution in [2.75, 3.05) is 10.6 Å². The van der Waals surface area contributed by atoms with Gasteiger partial charge in [0, 0.05) is 29.6 Å². The van der Waals surface area contributed by atoms with E-state index in [1.54, 1.807) is 19.1 Å². The molecule has 0 saturated heterocycles. The van der Waals surface area contributed by atoms with Gasteiger partial charge in [-0.3, -0.25) is 15.4 Å². The number of aromatic nitrogens is 2. The van der Waals surface area contributed by atoms with Gasteiger partial charge in [-0.1, -0.05) is 17.7 Å². The van der Waals surface area contributed by atoms with Crippen molar-refractivity contribution in [1.82, 2.24) is 9.97 Å². The molecule has 0 bridgehead atoms. The Kier molecular flexibility index (Phi) is 5.89. The van der Waals surface area contributed by atoms with E-state index < -0.39 is 11.0 Å². The molecule has 10 heteroatoms. The number of carbonyl (C=O) groups is 1. The number of rotatable bonds is 5. The lowest BCUT2D eigenvalue weighted by Crippen LogP contribution is -2.17. The Morgan fingerprint density at radius 3 is 2.48 bits per heavy atom. The van der Waals surface area contributed by atoms with Crippen LogP contribution in [-0.2, 0) is 0 Å². The number of hydrogen-bond donors (Lipinski definition) is 2. The topological polar surface area (TPSA) is 119 Å². The van der Waals surface area contributed by atoms with E-state index in [9.17, 15) is 14.9 Å². The van der Waals surface area contributed by atoms with Crippen LogP contribution in [-0.4, -0.2) is 21.0 Å². The lowest BCUT2D eigenvalue weighted by atomic mass is 10.2. The van der Waals surface area contributed by atoms with Crippen molar-refractivity contribution in [3.63, 3.8) is 0 Å². The minimum Gasteiger partial charge on any atom is -0.410 e. The number of benzene rings is 2. The van der Waals surface area contributed by atoms with Crippen LogP contribution >= 0.6 is 11.6 Å². The second kappa shape index (κ2) is 8.53. The number of anilines is 3. The second-order valence-electron chi connectivity index (χ2n) is 6.04. The van der Waals surface area contributed by atoms with Gasteiger partial charge in [0.05, 0.1) is 4.92 Å². The number of nitro benzene ring substituents is 1. The lowest BCUT2D eigenvalue weighted by molar-refractivity contribution is -0.384. The van der Waals surface area contributed by atoms with E-state index in [0.717, 1.165) is 5.56 Å². The minimum absolute atomic E-state index is 0.0903. The van der Waals surface area contributed by atoms with Crippen molar-refractivity contribution in [1.29, 1.82) is 0 Å². The van der Waals surface area contributed by atoms with Crippen molar-refractivity contribution in [2.24, 2.45) is 0 Å². The molecular formula is C19H16ClN5O4. The third-order valence-corrected chi connectivity index (χ3v) is 4.01. The average Bonchev–Trinajstić information content (AvgIpc) is 2.64. The lowest BCUT2D eigenvalue weighted by Gasteiger charge is -2.12. The fourth-order valence-corrected chi connectivity index (χ4v) is 2.68. The number of non-ortho nitro benzene ring substituents is 1. The van der Waals surface area contributed by atoms with Crippen molar-refractivity contribution in [3.8, 4) is 5.75 Å². The number of carbonyl (C=O) groups excluding carboxylic acids is 1. The molecule has 9 nitrogen and oxygen atoms in total. The monoisotopic (exact) mass is 413 g/mol. The van der Waals surface area contributed by atoms with Gasteiger partial charge in [0.1, 0.15) is 22.5 Å². The maximum atomic E-state index is 12.2. The van der Waals surface area contributed by atoms with Crippen LogP contribution in [0, 0.1) is 24.0 Å². The van der Waals surface area contributed by atoms with Gasteiger partial charge in [-0.25, -0.2) is 14.8 Å². The zero-order chi connectivity index (χ0) is 21.0. The van der Waals surface area contributed by atoms with E-state index in [1.807, 2.05) is 19.1 Å². The summed E-state index contributed by atoms with van der Waals surface area (Å²) in [5.41, 5.74) is 1.93. The maximum Gasteiger partial charge on any atom is 0.417 e. The predicted octanol–water partition coefficient (Wildman–Crippen LogP) is 5.01. The van der Waals surface area contributed by atoms with Crippen molar-refractivity contribution in [2.45, 2.75) is 13.8 Å². The van der Waals surface area contributed by atoms with Gasteiger partial charge in [0.25, 0.3) is 5.69 Å². The van der Waals surface area contributed by atoms with Crippen LogP contribution < -0.4 is 15.4 Å². The Morgan fingerprint density at radius 2 is 1.83 bits per heavy atom. The van der Waals surface area contributed by atoms with E-state index in [4.69, 9.17) is 16.3 Å². The zero-order valence-electron chi connectivity index (χ0n) is 15.5. The smallest absolute Gasteiger partial charge is 0.410 e. The summed E-state index contributed by atoms with van der Waals surface area (Å²) >= 11 is 5.94. The minimum atomic E-state index is -0.722. The van der Waals surface area contributed by atoms with Gasteiger partial charge in [-0.05, 0) is 43.7 Å². The summed E-state index contributed by atoms with van der Waals surface area (Å²) in [6.07, 6.45) is -0.722. The first-order valence-electron chi connectivity index (χ1n) is 8.42. The number of nitrogens with zero attached hydrogens (tertiary/aromatic N) is 3. The van der Waals surface area contributed by atoms with Crippen LogP contribution in [0.5, 0.6) is 5.75 Å². The van der Waals surface area contributed by atoms with Gasteiger partial charge < -0.3 is 10.1 Å². The van der Waals surface area contributed by atoms with E-state index in [1.165, 1.54) is 24.3 Å². The highest BCUT2D eigenvalue weighted by molar-refractivity contribution is 6.29. The van der Waals surface area contributed by atoms with Crippen LogP contribution in [0.3, 0.4) is 0 Å². The quantitative estimate of drug-likeness (QED) is 0.342. The van der Waals surface area contributed by atoms with Gasteiger partial charge in [-0.2, -0.15) is 0 Å². The highest BCUT2D eigenvalue weighted by atomic mass is 35.5. The molecule has 0 fully saturated rings. The van der Waals surface area contributed by atoms with Crippen LogP contribution in [0.2, 0.25) is 5.15 Å². The SMILES string of the molecule is Cc1nc(Cl)cc(Nc2ccc(C)c(NC(=O)Oc3ccc([N+](=O)[O-])cc3)c2)n1. The molecule has 0 aliphatic heterocycles. The van der Waals surface area contributed by atoms with Gasteiger partial charge in [0.15, 0.2) is 0 Å². The highest BCUT2D eigenvalue weighted by Crippen LogP contribution is 2.24. The van der Waals surface area contributed by atoms with E-state index in [0.29, 0.717) is 28.2 Å². The predicted molar refractivity (Wildman–Crippen MR) is 109 cm³/mol. The Morgan fingerprint density at radius 1 is 1.10 bits per heavy atom. The molecule has 1 amide bonds. The molecule has 0 unspecified atom stereocenters. The summed E-state index contributed by atoms with van der Waals surface area (Å²) in [6.45, 7) is 3.56. The number of ether oxygens (including phenoxy) is 1. The second-order valence-corrected chi connectivity index (χ2v) is 6.43. The molecular weight excluding hydrogens is 398 g/mol. The van der Waals surface area contributed by atoms with Gasteiger partial charge in [-0.15, -0.1) is 0 Å². The first-order chi connectivity index (χ1) is 13.8. The van der Waals surface area contributed by atoms with Crippen molar-refractivity contribution < 1.29 is 14.5 Å². The summed E-state index contributed by atoms with van der Waals surface area (Å²) in [5.74, 6) is 1.23. The summed E-state index contributed by atoms with van der Waals surface area (Å²) in [7, 11) is 0. The summed E-state index contributed by atoms with van der Waals surface area (Å²) < 4.78 is 5.17. The molecule has 3 aromatic rings. The number of amides is 1. The fraction of sp³-hybridized carbons (Fsp3) is 0.105. The van der Waals surface area contributed by atoms with Gasteiger partial charge >= 0.3 is 6.09 Å². The number of aryl methyl sites for hydroxylation is 2. The molecule has 2 N–H and O–H groups in total. The van der Waals surface area contributed by atoms with Crippen LogP contribution in [0.4, 0.5) is 27.7 Å². The van der Waals surface area contributed by atoms with Crippen LogP contribution in [0.15, 0.2) is 48.5 Å². The molecule has 0 saturated carbocycles. The largest absolute Gasteiger partial charge is 0.417 e. The molecule has 29 heavy (non-hydrogen) atoms. The van der Waals surface area contributed by atoms with E-state index in [-0.39, 0.29) is 11.4 Å². The Balaban J connectivity index is 1.70. The normalized spacial score (nSPS) is 10.3. The summed E-state index contributed by atoms with van der Waals surface area (Å²) in [5, 5.41) is 16.7. The molecule has 1 aromatic heterocycles. The Labute approximate surface area is 170 Å². The van der Waals surface area contributed by atoms with Gasteiger partial charge in [0.2, 0.25) is 0 Å². The van der Waals surface area contributed by atoms with Crippen molar-refractivity contribution >= 4 is 40.6 Å². The first-order valence-corrected chi connectivity index (χ1v) is 8.80. The fourth-order valence-electron chi connectivity index (χ4n) is 2.46. The molecule has 148 valence electrons. The van der Waals surface area contributed by atoms with Crippen molar-refractivity contribution in [3.05, 3.63) is 75.2 Å². The highest BCUT2D eigenvalue weighted by Gasteiger charge is 2.11. The van der Waals surface area contributed by atoms with Crippen LogP contribution in [0.25, 0.3) is 0 Å². The standard InChI is InChI=1S/C19H16ClN5O4/c1-11-3-4-13(23-18-10-17(20)21-12(2)22-18)9-16(11)24-19(26)29-15-7-5-14(6-8-15)25(27)28/h3-10H,1-2H3,(H,24,26)(H,21,22,23). The Hall–Kier alpha value is -3.72. The zero-order valence-corrected chi connectivity index (χ0v) is 16.2. The molecule has 0 spiro atoms. The molecule has 0 aliphatic carbocycles. The third kappa shape index (κ3) is 5.39. The average molecular weight is 414 g/mol. The summed E-state index contributed by atoms with van der Waals surface area (Å²) in [6, 6.07) is 12.2. The first kappa shape index (κ1) is 20.0. The van der Waals surface area contributed by atoms with E-state index in [2.05, 4.69) is 20.6 Å². The Bertz CT molecular complexity index is 1050. The number of halogens is 1. The molecule has 1 heterocycles. The van der Waals surface area contributed by atoms with E-state index >= 15 is 0 Å². The number of nitrogens with one attached hydrogen (secondary N) is 2.